The number of benzene rings is 1. The van der Waals surface area contributed by atoms with Gasteiger partial charge in [-0.25, -0.2) is 0 Å². The molecule has 0 radical (unpaired) electrons. The molecule has 0 aliphatic carbocycles. The third-order valence-electron chi connectivity index (χ3n) is 2.49. The van der Waals surface area contributed by atoms with Crippen molar-refractivity contribution in [2.24, 2.45) is 5.73 Å². The summed E-state index contributed by atoms with van der Waals surface area (Å²) in [6, 6.07) is 5.43. The van der Waals surface area contributed by atoms with Gasteiger partial charge in [-0.15, -0.1) is 0 Å². The minimum absolute atomic E-state index is 0.161. The van der Waals surface area contributed by atoms with Crippen molar-refractivity contribution in [3.63, 3.8) is 0 Å². The molecule has 1 heterocycles. The number of phenols is 1. The van der Waals surface area contributed by atoms with Crippen molar-refractivity contribution in [1.82, 2.24) is 0 Å². The lowest BCUT2D eigenvalue weighted by Crippen LogP contribution is -2.08. The Morgan fingerprint density at radius 3 is 3.00 bits per heavy atom. The molecule has 0 spiro atoms. The van der Waals surface area contributed by atoms with Crippen molar-refractivity contribution in [2.75, 3.05) is 6.54 Å². The first kappa shape index (κ1) is 9.09. The molecule has 0 aliphatic rings. The second kappa shape index (κ2) is 3.35. The molecule has 3 heteroatoms. The van der Waals surface area contributed by atoms with Crippen molar-refractivity contribution in [3.05, 3.63) is 30.0 Å². The van der Waals surface area contributed by atoms with Crippen LogP contribution >= 0.6 is 0 Å². The molecule has 14 heavy (non-hydrogen) atoms. The average Bonchev–Trinajstić information content (AvgIpc) is 2.62. The zero-order valence-electron chi connectivity index (χ0n) is 8.03. The Labute approximate surface area is 82.1 Å². The van der Waals surface area contributed by atoms with Crippen LogP contribution in [0.4, 0.5) is 0 Å². The lowest BCUT2D eigenvalue weighted by molar-refractivity contribution is 0.462. The topological polar surface area (TPSA) is 59.4 Å². The molecule has 1 unspecified atom stereocenters. The van der Waals surface area contributed by atoms with E-state index in [1.54, 1.807) is 12.3 Å². The number of rotatable bonds is 2. The highest BCUT2D eigenvalue weighted by atomic mass is 16.3. The van der Waals surface area contributed by atoms with Gasteiger partial charge in [0.05, 0.1) is 6.26 Å². The third-order valence-corrected chi connectivity index (χ3v) is 2.49. The highest BCUT2D eigenvalue weighted by molar-refractivity contribution is 5.80. The first-order chi connectivity index (χ1) is 6.72. The van der Waals surface area contributed by atoms with E-state index in [0.717, 1.165) is 10.9 Å². The van der Waals surface area contributed by atoms with Crippen LogP contribution in [0.15, 0.2) is 28.9 Å². The third kappa shape index (κ3) is 1.36. The highest BCUT2D eigenvalue weighted by Gasteiger charge is 2.11. The van der Waals surface area contributed by atoms with E-state index in [2.05, 4.69) is 0 Å². The largest absolute Gasteiger partial charge is 0.508 e. The molecule has 1 aromatic carbocycles. The molecule has 0 saturated carbocycles. The molecule has 0 bridgehead atoms. The van der Waals surface area contributed by atoms with Crippen LogP contribution in [0, 0.1) is 0 Å². The van der Waals surface area contributed by atoms with Crippen LogP contribution in [-0.4, -0.2) is 11.7 Å². The number of furan rings is 1. The monoisotopic (exact) mass is 191 g/mol. The van der Waals surface area contributed by atoms with Crippen molar-refractivity contribution in [2.45, 2.75) is 12.8 Å². The Morgan fingerprint density at radius 1 is 1.50 bits per heavy atom. The molecule has 2 aromatic rings. The number of hydrogen-bond acceptors (Lipinski definition) is 3. The molecular weight excluding hydrogens is 178 g/mol. The molecule has 74 valence electrons. The van der Waals surface area contributed by atoms with Gasteiger partial charge in [-0.05, 0) is 30.2 Å². The lowest BCUT2D eigenvalue weighted by Gasteiger charge is -2.10. The fraction of sp³-hybridized carbons (Fsp3) is 0.273. The Hall–Kier alpha value is -1.48. The Kier molecular flexibility index (Phi) is 2.17. The van der Waals surface area contributed by atoms with Crippen LogP contribution in [0.25, 0.3) is 11.0 Å². The van der Waals surface area contributed by atoms with Gasteiger partial charge in [-0.2, -0.15) is 0 Å². The molecule has 0 amide bonds. The summed E-state index contributed by atoms with van der Waals surface area (Å²) in [5.41, 5.74) is 7.14. The summed E-state index contributed by atoms with van der Waals surface area (Å²) in [6.45, 7) is 2.51. The van der Waals surface area contributed by atoms with Crippen molar-refractivity contribution < 1.29 is 9.52 Å². The Bertz CT molecular complexity index is 447. The predicted molar refractivity (Wildman–Crippen MR) is 55.3 cm³/mol. The van der Waals surface area contributed by atoms with Crippen LogP contribution < -0.4 is 5.73 Å². The maximum Gasteiger partial charge on any atom is 0.137 e. The average molecular weight is 191 g/mol. The SMILES string of the molecule is CC(CN)c1cc2ccoc2cc1O. The molecule has 0 aliphatic heterocycles. The van der Waals surface area contributed by atoms with Crippen molar-refractivity contribution >= 4 is 11.0 Å². The maximum atomic E-state index is 9.71. The summed E-state index contributed by atoms with van der Waals surface area (Å²) in [4.78, 5) is 0. The zero-order chi connectivity index (χ0) is 10.1. The molecule has 1 aromatic heterocycles. The standard InChI is InChI=1S/C11H13NO2/c1-7(6-12)9-4-8-2-3-14-11(8)5-10(9)13/h2-5,7,13H,6,12H2,1H3. The van der Waals surface area contributed by atoms with E-state index in [0.29, 0.717) is 12.1 Å². The van der Waals surface area contributed by atoms with E-state index in [1.807, 2.05) is 19.1 Å². The van der Waals surface area contributed by atoms with Gasteiger partial charge in [0.15, 0.2) is 0 Å². The van der Waals surface area contributed by atoms with Crippen molar-refractivity contribution in [3.8, 4) is 5.75 Å². The fourth-order valence-corrected chi connectivity index (χ4v) is 1.54. The van der Waals surface area contributed by atoms with E-state index >= 15 is 0 Å². The van der Waals surface area contributed by atoms with Crippen LogP contribution in [-0.2, 0) is 0 Å². The minimum Gasteiger partial charge on any atom is -0.508 e. The molecule has 1 atom stereocenters. The molecule has 0 fully saturated rings. The molecule has 3 nitrogen and oxygen atoms in total. The molecule has 3 N–H and O–H groups in total. The van der Waals surface area contributed by atoms with Crippen LogP contribution in [0.3, 0.4) is 0 Å². The minimum atomic E-state index is 0.161. The quantitative estimate of drug-likeness (QED) is 0.765. The summed E-state index contributed by atoms with van der Waals surface area (Å²) in [5, 5.41) is 10.7. The van der Waals surface area contributed by atoms with Gasteiger partial charge < -0.3 is 15.3 Å². The molecule has 0 saturated heterocycles. The van der Waals surface area contributed by atoms with Crippen molar-refractivity contribution in [1.29, 1.82) is 0 Å². The second-order valence-corrected chi connectivity index (χ2v) is 3.51. The van der Waals surface area contributed by atoms with Gasteiger partial charge in [0.1, 0.15) is 11.3 Å². The second-order valence-electron chi connectivity index (χ2n) is 3.51. The van der Waals surface area contributed by atoms with Gasteiger partial charge in [0.2, 0.25) is 0 Å². The fourth-order valence-electron chi connectivity index (χ4n) is 1.54. The smallest absolute Gasteiger partial charge is 0.137 e. The van der Waals surface area contributed by atoms with Gasteiger partial charge in [-0.3, -0.25) is 0 Å². The van der Waals surface area contributed by atoms with Crippen LogP contribution in [0.2, 0.25) is 0 Å². The summed E-state index contributed by atoms with van der Waals surface area (Å²) in [6.07, 6.45) is 1.61. The van der Waals surface area contributed by atoms with E-state index < -0.39 is 0 Å². The zero-order valence-corrected chi connectivity index (χ0v) is 8.03. The summed E-state index contributed by atoms with van der Waals surface area (Å²) >= 11 is 0. The van der Waals surface area contributed by atoms with E-state index in [1.165, 1.54) is 0 Å². The number of fused-ring (bicyclic) bond motifs is 1. The summed E-state index contributed by atoms with van der Waals surface area (Å²) in [7, 11) is 0. The first-order valence-corrected chi connectivity index (χ1v) is 4.62. The highest BCUT2D eigenvalue weighted by Crippen LogP contribution is 2.30. The maximum absolute atomic E-state index is 9.71. The van der Waals surface area contributed by atoms with Crippen LogP contribution in [0.5, 0.6) is 5.75 Å². The van der Waals surface area contributed by atoms with Gasteiger partial charge >= 0.3 is 0 Å². The number of nitrogens with two attached hydrogens (primary N) is 1. The number of hydrogen-bond donors (Lipinski definition) is 2. The number of phenolic OH excluding ortho intramolecular Hbond substituents is 1. The van der Waals surface area contributed by atoms with Gasteiger partial charge in [0, 0.05) is 11.5 Å². The lowest BCUT2D eigenvalue weighted by atomic mass is 9.99. The first-order valence-electron chi connectivity index (χ1n) is 4.62. The Balaban J connectivity index is 2.58. The normalized spacial score (nSPS) is 13.3. The Morgan fingerprint density at radius 2 is 2.29 bits per heavy atom. The van der Waals surface area contributed by atoms with E-state index in [4.69, 9.17) is 10.2 Å². The summed E-state index contributed by atoms with van der Waals surface area (Å²) < 4.78 is 5.18. The number of aromatic hydroxyl groups is 1. The molecular formula is C11H13NO2. The van der Waals surface area contributed by atoms with Gasteiger partial charge in [-0.1, -0.05) is 6.92 Å². The molecule has 2 rings (SSSR count). The van der Waals surface area contributed by atoms with E-state index in [-0.39, 0.29) is 11.7 Å². The summed E-state index contributed by atoms with van der Waals surface area (Å²) in [5.74, 6) is 0.416. The van der Waals surface area contributed by atoms with Gasteiger partial charge in [0.25, 0.3) is 0 Å². The van der Waals surface area contributed by atoms with Crippen LogP contribution in [0.1, 0.15) is 18.4 Å². The predicted octanol–water partition coefficient (Wildman–Crippen LogP) is 2.20. The van der Waals surface area contributed by atoms with E-state index in [9.17, 15) is 5.11 Å².